The molecule has 1 aliphatic carbocycles. The van der Waals surface area contributed by atoms with Crippen molar-refractivity contribution in [2.45, 2.75) is 44.3 Å². The highest BCUT2D eigenvalue weighted by molar-refractivity contribution is 6.03. The van der Waals surface area contributed by atoms with Crippen LogP contribution in [0.2, 0.25) is 0 Å². The summed E-state index contributed by atoms with van der Waals surface area (Å²) in [6.07, 6.45) is 3.17. The third-order valence-corrected chi connectivity index (χ3v) is 6.56. The quantitative estimate of drug-likeness (QED) is 0.548. The molecule has 1 amide bonds. The van der Waals surface area contributed by atoms with Crippen molar-refractivity contribution in [2.24, 2.45) is 5.92 Å². The van der Waals surface area contributed by atoms with Gasteiger partial charge in [0, 0.05) is 6.20 Å². The number of carbonyl (C=O) groups excluding carboxylic acids is 1. The Morgan fingerprint density at radius 3 is 2.52 bits per heavy atom. The number of hydrogen-bond donors (Lipinski definition) is 3. The zero-order chi connectivity index (χ0) is 23.8. The van der Waals surface area contributed by atoms with Gasteiger partial charge in [-0.2, -0.15) is 0 Å². The molecule has 4 atom stereocenters. The molecule has 6 nitrogen and oxygen atoms in total. The normalized spacial score (nSPS) is 25.0. The van der Waals surface area contributed by atoms with Crippen molar-refractivity contribution in [3.63, 3.8) is 0 Å². The van der Waals surface area contributed by atoms with Crippen LogP contribution < -0.4 is 5.32 Å². The minimum absolute atomic E-state index is 0.00932. The average Bonchev–Trinajstić information content (AvgIpc) is 2.78. The van der Waals surface area contributed by atoms with Gasteiger partial charge in [0.25, 0.3) is 5.91 Å². The summed E-state index contributed by atoms with van der Waals surface area (Å²) in [4.78, 5) is 21.2. The van der Waals surface area contributed by atoms with Crippen LogP contribution in [0.4, 0.5) is 14.5 Å². The van der Waals surface area contributed by atoms with Gasteiger partial charge >= 0.3 is 0 Å². The predicted octanol–water partition coefficient (Wildman–Crippen LogP) is 4.30. The first-order valence-corrected chi connectivity index (χ1v) is 10.8. The lowest BCUT2D eigenvalue weighted by Crippen LogP contribution is -2.49. The lowest BCUT2D eigenvalue weighted by molar-refractivity contribution is -0.123. The standard InChI is InChI=1S/C25H25F2N3O3/c1-14-11-15(12-22(31)25(14,2)33)16-9-10-28-13-21(16)30-24(32)20-8-4-7-19(29-20)23-17(26)5-3-6-18(23)27/h3-10,13-15,22,31,33H,11-12H2,1-2H3,(H,30,32)/t14-,15+,22+,25+/m0/s1. The average molecular weight is 453 g/mol. The molecule has 1 saturated carbocycles. The molecule has 0 saturated heterocycles. The summed E-state index contributed by atoms with van der Waals surface area (Å²) in [5.41, 5.74) is -0.236. The fraction of sp³-hybridized carbons (Fsp3) is 0.320. The van der Waals surface area contributed by atoms with E-state index in [9.17, 15) is 23.8 Å². The summed E-state index contributed by atoms with van der Waals surface area (Å²) >= 11 is 0. The number of hydrogen-bond acceptors (Lipinski definition) is 5. The van der Waals surface area contributed by atoms with Gasteiger partial charge in [-0.05, 0) is 67.5 Å². The van der Waals surface area contributed by atoms with Crippen LogP contribution in [-0.4, -0.2) is 37.8 Å². The minimum atomic E-state index is -1.18. The second-order valence-electron chi connectivity index (χ2n) is 8.73. The second kappa shape index (κ2) is 8.96. The molecule has 0 spiro atoms. The molecule has 0 bridgehead atoms. The number of rotatable bonds is 4. The molecule has 2 heterocycles. The number of nitrogens with zero attached hydrogens (tertiary/aromatic N) is 2. The molecule has 4 rings (SSSR count). The zero-order valence-corrected chi connectivity index (χ0v) is 18.3. The third kappa shape index (κ3) is 4.49. The molecule has 172 valence electrons. The first-order chi connectivity index (χ1) is 15.7. The summed E-state index contributed by atoms with van der Waals surface area (Å²) in [7, 11) is 0. The second-order valence-corrected chi connectivity index (χ2v) is 8.73. The Morgan fingerprint density at radius 1 is 1.12 bits per heavy atom. The first kappa shape index (κ1) is 22.9. The van der Waals surface area contributed by atoms with Crippen molar-refractivity contribution in [3.05, 3.63) is 77.8 Å². The first-order valence-electron chi connectivity index (χ1n) is 10.8. The van der Waals surface area contributed by atoms with Crippen LogP contribution in [0.15, 0.2) is 54.9 Å². The van der Waals surface area contributed by atoms with Crippen LogP contribution >= 0.6 is 0 Å². The molecule has 0 aliphatic heterocycles. The van der Waals surface area contributed by atoms with E-state index in [1.165, 1.54) is 30.5 Å². The number of aliphatic hydroxyl groups excluding tert-OH is 1. The number of anilines is 1. The Kier molecular flexibility index (Phi) is 6.23. The monoisotopic (exact) mass is 453 g/mol. The van der Waals surface area contributed by atoms with Crippen molar-refractivity contribution >= 4 is 11.6 Å². The number of amides is 1. The maximum atomic E-state index is 14.2. The fourth-order valence-corrected chi connectivity index (χ4v) is 4.35. The highest BCUT2D eigenvalue weighted by Crippen LogP contribution is 2.43. The molecule has 0 radical (unpaired) electrons. The van der Waals surface area contributed by atoms with Crippen LogP contribution in [-0.2, 0) is 0 Å². The summed E-state index contributed by atoms with van der Waals surface area (Å²) in [6.45, 7) is 3.51. The van der Waals surface area contributed by atoms with Crippen LogP contribution in [0.25, 0.3) is 11.3 Å². The Labute approximate surface area is 190 Å². The van der Waals surface area contributed by atoms with E-state index in [4.69, 9.17) is 0 Å². The number of halogens is 2. The van der Waals surface area contributed by atoms with Crippen LogP contribution in [0.3, 0.4) is 0 Å². The Balaban J connectivity index is 1.60. The van der Waals surface area contributed by atoms with E-state index >= 15 is 0 Å². The number of pyridine rings is 2. The van der Waals surface area contributed by atoms with Crippen molar-refractivity contribution in [3.8, 4) is 11.3 Å². The molecule has 3 N–H and O–H groups in total. The summed E-state index contributed by atoms with van der Waals surface area (Å²) in [5, 5.41) is 23.7. The van der Waals surface area contributed by atoms with E-state index in [-0.39, 0.29) is 28.8 Å². The Hall–Kier alpha value is -3.23. The maximum Gasteiger partial charge on any atom is 0.274 e. The van der Waals surface area contributed by atoms with Crippen molar-refractivity contribution in [2.75, 3.05) is 5.32 Å². The van der Waals surface area contributed by atoms with Crippen LogP contribution in [0, 0.1) is 17.6 Å². The molecule has 0 unspecified atom stereocenters. The number of carbonyl (C=O) groups is 1. The Bertz CT molecular complexity index is 1150. The highest BCUT2D eigenvalue weighted by Gasteiger charge is 2.43. The lowest BCUT2D eigenvalue weighted by Gasteiger charge is -2.43. The zero-order valence-electron chi connectivity index (χ0n) is 18.3. The van der Waals surface area contributed by atoms with Gasteiger partial charge in [0.2, 0.25) is 0 Å². The topological polar surface area (TPSA) is 95.3 Å². The van der Waals surface area contributed by atoms with E-state index in [2.05, 4.69) is 15.3 Å². The number of aromatic nitrogens is 2. The minimum Gasteiger partial charge on any atom is -0.390 e. The predicted molar refractivity (Wildman–Crippen MR) is 120 cm³/mol. The van der Waals surface area contributed by atoms with E-state index in [0.29, 0.717) is 18.5 Å². The fourth-order valence-electron chi connectivity index (χ4n) is 4.35. The lowest BCUT2D eigenvalue weighted by atomic mass is 9.69. The van der Waals surface area contributed by atoms with E-state index in [0.717, 1.165) is 17.7 Å². The molecular weight excluding hydrogens is 428 g/mol. The Morgan fingerprint density at radius 2 is 1.82 bits per heavy atom. The van der Waals surface area contributed by atoms with Gasteiger partial charge in [0.15, 0.2) is 0 Å². The van der Waals surface area contributed by atoms with Gasteiger partial charge in [0.05, 0.1) is 34.8 Å². The smallest absolute Gasteiger partial charge is 0.274 e. The van der Waals surface area contributed by atoms with Gasteiger partial charge in [-0.1, -0.05) is 19.1 Å². The molecule has 1 fully saturated rings. The van der Waals surface area contributed by atoms with Crippen molar-refractivity contribution in [1.29, 1.82) is 0 Å². The highest BCUT2D eigenvalue weighted by atomic mass is 19.1. The number of aliphatic hydroxyl groups is 2. The van der Waals surface area contributed by atoms with Gasteiger partial charge in [0.1, 0.15) is 17.3 Å². The molecule has 3 aromatic rings. The van der Waals surface area contributed by atoms with E-state index in [1.807, 2.05) is 6.92 Å². The number of nitrogens with one attached hydrogen (secondary N) is 1. The summed E-state index contributed by atoms with van der Waals surface area (Å²) in [5.74, 6) is -2.34. The van der Waals surface area contributed by atoms with Gasteiger partial charge in [-0.3, -0.25) is 9.78 Å². The van der Waals surface area contributed by atoms with Crippen LogP contribution in [0.5, 0.6) is 0 Å². The van der Waals surface area contributed by atoms with Gasteiger partial charge in [-0.15, -0.1) is 0 Å². The maximum absolute atomic E-state index is 14.2. The molecule has 2 aromatic heterocycles. The van der Waals surface area contributed by atoms with Crippen molar-refractivity contribution in [1.82, 2.24) is 9.97 Å². The molecule has 1 aromatic carbocycles. The number of benzene rings is 1. The van der Waals surface area contributed by atoms with Crippen molar-refractivity contribution < 1.29 is 23.8 Å². The summed E-state index contributed by atoms with van der Waals surface area (Å²) in [6, 6.07) is 9.70. The van der Waals surface area contributed by atoms with Gasteiger partial charge in [-0.25, -0.2) is 13.8 Å². The molecule has 8 heteroatoms. The molecule has 33 heavy (non-hydrogen) atoms. The van der Waals surface area contributed by atoms with E-state index < -0.39 is 29.2 Å². The van der Waals surface area contributed by atoms with Gasteiger partial charge < -0.3 is 15.5 Å². The van der Waals surface area contributed by atoms with Crippen LogP contribution in [0.1, 0.15) is 48.7 Å². The largest absolute Gasteiger partial charge is 0.390 e. The van der Waals surface area contributed by atoms with E-state index in [1.54, 1.807) is 19.2 Å². The molecule has 1 aliphatic rings. The molecular formula is C25H25F2N3O3. The SMILES string of the molecule is C[C@H]1C[C@@H](c2ccncc2NC(=O)c2cccc(-c3c(F)cccc3F)n2)C[C@@H](O)[C@]1(C)O. The summed E-state index contributed by atoms with van der Waals surface area (Å²) < 4.78 is 28.3. The third-order valence-electron chi connectivity index (χ3n) is 6.56.